The topological polar surface area (TPSA) is 123 Å². The number of hydrogen-bond donors (Lipinski definition) is 2. The molecule has 3 fully saturated rings. The number of fused-ring (bicyclic) bond motifs is 2. The molecule has 2 N–H and O–H groups in total. The van der Waals surface area contributed by atoms with Crippen molar-refractivity contribution >= 4 is 29.3 Å². The minimum atomic E-state index is -3.70. The Bertz CT molecular complexity index is 2650. The lowest BCUT2D eigenvalue weighted by atomic mass is 9.69. The van der Waals surface area contributed by atoms with Crippen LogP contribution in [0.2, 0.25) is 0 Å². The number of phenols is 1. The van der Waals surface area contributed by atoms with Gasteiger partial charge in [-0.1, -0.05) is 48.5 Å². The van der Waals surface area contributed by atoms with Crippen LogP contribution in [0.3, 0.4) is 0 Å². The number of halogens is 2. The van der Waals surface area contributed by atoms with Crippen LogP contribution in [-0.4, -0.2) is 108 Å². The van der Waals surface area contributed by atoms with Gasteiger partial charge in [0, 0.05) is 56.9 Å². The number of ether oxygens (including phenoxy) is 1. The van der Waals surface area contributed by atoms with Crippen molar-refractivity contribution in [1.82, 2.24) is 20.0 Å². The van der Waals surface area contributed by atoms with E-state index in [1.165, 1.54) is 11.1 Å². The molecule has 4 aromatic carbocycles. The van der Waals surface area contributed by atoms with Crippen molar-refractivity contribution in [2.75, 3.05) is 63.7 Å². The molecule has 11 nitrogen and oxygen atoms in total. The van der Waals surface area contributed by atoms with Crippen LogP contribution >= 0.6 is 0 Å². The molecule has 4 amide bonds. The number of benzene rings is 4. The molecule has 0 spiro atoms. The average molecular weight is 826 g/mol. The highest BCUT2D eigenvalue weighted by Crippen LogP contribution is 2.47. The molecule has 60 heavy (non-hydrogen) atoms. The van der Waals surface area contributed by atoms with E-state index in [2.05, 4.69) is 41.3 Å². The number of imide groups is 2. The molecule has 1 aliphatic carbocycles. The van der Waals surface area contributed by atoms with E-state index < -0.39 is 96.6 Å². The number of likely N-dealkylation sites (tertiary alicyclic amines) is 1. The predicted octanol–water partition coefficient (Wildman–Crippen LogP) is 5.85. The molecule has 4 heterocycles. The molecule has 13 heteroatoms. The first-order chi connectivity index (χ1) is 32.1. The molecular formula is C47H49F2N5O6. The number of nitrogens with one attached hydrogen (secondary N) is 1. The van der Waals surface area contributed by atoms with Gasteiger partial charge in [-0.25, -0.2) is 8.78 Å². The van der Waals surface area contributed by atoms with E-state index in [-0.39, 0.29) is 35.3 Å². The quantitative estimate of drug-likeness (QED) is 0.190. The Kier molecular flexibility index (Phi) is 8.73. The Morgan fingerprint density at radius 2 is 1.55 bits per heavy atom. The van der Waals surface area contributed by atoms with E-state index in [1.807, 2.05) is 35.6 Å². The summed E-state index contributed by atoms with van der Waals surface area (Å²) in [6.45, 7) is -12.9. The second-order valence-electron chi connectivity index (χ2n) is 15.9. The zero-order valence-corrected chi connectivity index (χ0v) is 32.6. The van der Waals surface area contributed by atoms with Gasteiger partial charge < -0.3 is 14.7 Å². The summed E-state index contributed by atoms with van der Waals surface area (Å²) in [6.07, 6.45) is 2.03. The van der Waals surface area contributed by atoms with E-state index in [9.17, 15) is 24.3 Å². The van der Waals surface area contributed by atoms with Crippen LogP contribution < -0.4 is 15.0 Å². The number of rotatable bonds is 10. The summed E-state index contributed by atoms with van der Waals surface area (Å²) in [6, 6.07) is 22.8. The number of aromatic hydroxyl groups is 1. The van der Waals surface area contributed by atoms with Gasteiger partial charge in [0.05, 0.1) is 16.6 Å². The molecule has 312 valence electrons. The molecule has 0 saturated carbocycles. The SMILES string of the molecule is [2H]C1([2H])N(CC2CCN(CCOc3ccc([C@@H]4c5ccc(O)cc5CC[C@@H]4c4ccccc4)cc3)CC2)C([2H])([2H])C([2H])([2H])N(c2c(F)cc3c(c2F)C(=O)N(C2CCC(=O)NC2=O)C3=O)C1([2H])[2H]. The Labute approximate surface area is 359 Å². The summed E-state index contributed by atoms with van der Waals surface area (Å²) >= 11 is 0. The fourth-order valence-electron chi connectivity index (χ4n) is 9.22. The van der Waals surface area contributed by atoms with E-state index in [0.717, 1.165) is 24.0 Å². The molecule has 3 saturated heterocycles. The third-order valence-electron chi connectivity index (χ3n) is 12.3. The highest BCUT2D eigenvalue weighted by atomic mass is 19.1. The summed E-state index contributed by atoms with van der Waals surface area (Å²) in [5.74, 6) is -7.35. The molecule has 3 atom stereocenters. The van der Waals surface area contributed by atoms with Crippen LogP contribution in [0.5, 0.6) is 11.5 Å². The predicted molar refractivity (Wildman–Crippen MR) is 220 cm³/mol. The van der Waals surface area contributed by atoms with Gasteiger partial charge in [0.25, 0.3) is 11.8 Å². The van der Waals surface area contributed by atoms with Gasteiger partial charge in [0.1, 0.15) is 35.7 Å². The molecule has 5 aliphatic rings. The molecule has 0 bridgehead atoms. The highest BCUT2D eigenvalue weighted by Gasteiger charge is 2.47. The fourth-order valence-corrected chi connectivity index (χ4v) is 9.22. The molecular weight excluding hydrogens is 769 g/mol. The number of carbonyl (C=O) groups is 4. The van der Waals surface area contributed by atoms with E-state index in [4.69, 9.17) is 15.7 Å². The Hall–Kier alpha value is -5.66. The maximum atomic E-state index is 16.6. The van der Waals surface area contributed by atoms with Crippen molar-refractivity contribution in [3.63, 3.8) is 0 Å². The fraction of sp³-hybridized carbons (Fsp3) is 0.404. The monoisotopic (exact) mass is 825 g/mol. The molecule has 0 radical (unpaired) electrons. The third-order valence-corrected chi connectivity index (χ3v) is 12.3. The number of amides is 4. The summed E-state index contributed by atoms with van der Waals surface area (Å²) in [5.41, 5.74) is 1.10. The van der Waals surface area contributed by atoms with Gasteiger partial charge >= 0.3 is 0 Å². The lowest BCUT2D eigenvalue weighted by Crippen LogP contribution is -2.54. The van der Waals surface area contributed by atoms with Gasteiger partial charge in [0.2, 0.25) is 11.8 Å². The van der Waals surface area contributed by atoms with E-state index in [1.54, 1.807) is 6.07 Å². The number of hydrogen-bond acceptors (Lipinski definition) is 9. The second kappa shape index (κ2) is 16.8. The number of piperidine rings is 2. The van der Waals surface area contributed by atoms with Crippen molar-refractivity contribution in [2.45, 2.75) is 56.4 Å². The number of carbonyl (C=O) groups excluding carboxylic acids is 4. The van der Waals surface area contributed by atoms with Gasteiger partial charge in [-0.15, -0.1) is 0 Å². The second-order valence-corrected chi connectivity index (χ2v) is 15.9. The average Bonchev–Trinajstić information content (AvgIpc) is 3.54. The van der Waals surface area contributed by atoms with Gasteiger partial charge in [-0.05, 0) is 110 Å². The van der Waals surface area contributed by atoms with E-state index >= 15 is 8.78 Å². The number of nitrogens with zero attached hydrogens (tertiary/aromatic N) is 4. The lowest BCUT2D eigenvalue weighted by Gasteiger charge is -2.39. The number of phenolic OH excluding ortho intramolecular Hbond substituents is 1. The normalized spacial score (nSPS) is 28.1. The van der Waals surface area contributed by atoms with Crippen molar-refractivity contribution in [2.24, 2.45) is 5.92 Å². The zero-order valence-electron chi connectivity index (χ0n) is 40.6. The Morgan fingerprint density at radius 3 is 2.28 bits per heavy atom. The van der Waals surface area contributed by atoms with Gasteiger partial charge in [-0.3, -0.25) is 39.2 Å². The summed E-state index contributed by atoms with van der Waals surface area (Å²) in [4.78, 5) is 53.7. The highest BCUT2D eigenvalue weighted by molar-refractivity contribution is 6.24. The summed E-state index contributed by atoms with van der Waals surface area (Å²) in [7, 11) is 0. The summed E-state index contributed by atoms with van der Waals surface area (Å²) < 4.78 is 110. The van der Waals surface area contributed by atoms with Crippen LogP contribution in [-0.2, 0) is 16.0 Å². The molecule has 4 aliphatic heterocycles. The van der Waals surface area contributed by atoms with Crippen LogP contribution in [0, 0.1) is 17.6 Å². The minimum Gasteiger partial charge on any atom is -0.508 e. The van der Waals surface area contributed by atoms with Crippen LogP contribution in [0.15, 0.2) is 78.9 Å². The Morgan fingerprint density at radius 1 is 0.800 bits per heavy atom. The number of aryl methyl sites for hydroxylation is 1. The molecule has 9 rings (SSSR count). The molecule has 4 aromatic rings. The van der Waals surface area contributed by atoms with Crippen LogP contribution in [0.1, 0.15) is 97.9 Å². The van der Waals surface area contributed by atoms with Gasteiger partial charge in [-0.2, -0.15) is 0 Å². The van der Waals surface area contributed by atoms with Crippen LogP contribution in [0.4, 0.5) is 14.5 Å². The Balaban J connectivity index is 0.849. The largest absolute Gasteiger partial charge is 0.508 e. The summed E-state index contributed by atoms with van der Waals surface area (Å²) in [5, 5.41) is 12.2. The maximum Gasteiger partial charge on any atom is 0.265 e. The lowest BCUT2D eigenvalue weighted by molar-refractivity contribution is -0.136. The number of anilines is 1. The van der Waals surface area contributed by atoms with Crippen molar-refractivity contribution < 1.29 is 48.8 Å². The smallest absolute Gasteiger partial charge is 0.265 e. The first-order valence-electron chi connectivity index (χ1n) is 24.3. The van der Waals surface area contributed by atoms with E-state index in [0.29, 0.717) is 60.7 Å². The standard InChI is InChI=1S/C47H49F2N5O6/c48-38-27-37-42(47(59)54(46(37)58)39-14-15-40(56)50-45(39)57)43(49)44(38)53-22-20-52(21-23-53)28-29-16-18-51(19-17-29)24-25-60-34-10-6-31(7-11-34)41-35(30-4-2-1-3-5-30)12-8-32-26-33(55)9-13-36(32)41/h1-7,9-11,13,26-27,29,35,39,41,55H,8,12,14-25,28H2,(H,50,56,57)/t35-,39?,41+/m1/s1/i20D2,21D2,22D2,23D2. The third kappa shape index (κ3) is 7.76. The first kappa shape index (κ1) is 31.2. The van der Waals surface area contributed by atoms with Crippen molar-refractivity contribution in [3.8, 4) is 11.5 Å². The van der Waals surface area contributed by atoms with Gasteiger partial charge in [0.15, 0.2) is 5.82 Å². The van der Waals surface area contributed by atoms with Crippen molar-refractivity contribution in [3.05, 3.63) is 124 Å². The van der Waals surface area contributed by atoms with Crippen LogP contribution in [0.25, 0.3) is 0 Å². The molecule has 0 aromatic heterocycles. The zero-order chi connectivity index (χ0) is 48.7. The van der Waals surface area contributed by atoms with Crippen molar-refractivity contribution in [1.29, 1.82) is 0 Å². The number of piperazine rings is 1. The maximum absolute atomic E-state index is 16.6. The first-order valence-corrected chi connectivity index (χ1v) is 20.3. The molecule has 1 unspecified atom stereocenters. The minimum absolute atomic E-state index is 0.0844.